The molecule has 1 N–H and O–H groups in total. The lowest BCUT2D eigenvalue weighted by molar-refractivity contribution is 0.0749. The van der Waals surface area contributed by atoms with Crippen molar-refractivity contribution in [1.29, 1.82) is 0 Å². The summed E-state index contributed by atoms with van der Waals surface area (Å²) >= 11 is 0. The van der Waals surface area contributed by atoms with Crippen molar-refractivity contribution in [2.75, 3.05) is 12.4 Å². The van der Waals surface area contributed by atoms with Gasteiger partial charge in [0, 0.05) is 17.7 Å². The van der Waals surface area contributed by atoms with Crippen LogP contribution in [0.1, 0.15) is 32.0 Å². The van der Waals surface area contributed by atoms with Crippen molar-refractivity contribution in [3.63, 3.8) is 0 Å². The van der Waals surface area contributed by atoms with Gasteiger partial charge in [-0.05, 0) is 54.6 Å². The van der Waals surface area contributed by atoms with Gasteiger partial charge in [0.05, 0.1) is 42.5 Å². The molecule has 3 aromatic carbocycles. The van der Waals surface area contributed by atoms with Crippen LogP contribution in [0.25, 0.3) is 5.69 Å². The minimum atomic E-state index is -0.550. The molecule has 7 nitrogen and oxygen atoms in total. The Morgan fingerprint density at radius 1 is 1.00 bits per heavy atom. The number of methoxy groups -OCH3 is 1. The fourth-order valence-electron chi connectivity index (χ4n) is 4.00. The Labute approximate surface area is 195 Å². The second-order valence-corrected chi connectivity index (χ2v) is 7.90. The van der Waals surface area contributed by atoms with E-state index in [9.17, 15) is 14.0 Å². The zero-order chi connectivity index (χ0) is 23.7. The summed E-state index contributed by atoms with van der Waals surface area (Å²) in [7, 11) is 1.54. The monoisotopic (exact) mass is 456 g/mol. The lowest BCUT2D eigenvalue weighted by Crippen LogP contribution is -2.27. The predicted octanol–water partition coefficient (Wildman–Crippen LogP) is 4.43. The van der Waals surface area contributed by atoms with Gasteiger partial charge in [-0.25, -0.2) is 9.07 Å². The van der Waals surface area contributed by atoms with Crippen LogP contribution in [0.4, 0.5) is 10.1 Å². The third kappa shape index (κ3) is 4.01. The van der Waals surface area contributed by atoms with Gasteiger partial charge in [0.2, 0.25) is 0 Å². The fourth-order valence-corrected chi connectivity index (χ4v) is 4.00. The average molecular weight is 456 g/mol. The minimum Gasteiger partial charge on any atom is -0.497 e. The zero-order valence-corrected chi connectivity index (χ0v) is 18.4. The quantitative estimate of drug-likeness (QED) is 0.482. The van der Waals surface area contributed by atoms with E-state index in [0.717, 1.165) is 23.0 Å². The highest BCUT2D eigenvalue weighted by Crippen LogP contribution is 2.29. The molecule has 170 valence electrons. The molecule has 1 aliphatic heterocycles. The highest BCUT2D eigenvalue weighted by Gasteiger charge is 2.30. The second-order valence-electron chi connectivity index (χ2n) is 7.90. The molecule has 8 heteroatoms. The van der Waals surface area contributed by atoms with Crippen LogP contribution in [0.3, 0.4) is 0 Å². The first-order valence-corrected chi connectivity index (χ1v) is 10.7. The van der Waals surface area contributed by atoms with Gasteiger partial charge >= 0.3 is 0 Å². The van der Waals surface area contributed by atoms with E-state index >= 15 is 0 Å². The number of carbonyl (C=O) groups is 2. The number of benzene rings is 3. The summed E-state index contributed by atoms with van der Waals surface area (Å²) < 4.78 is 21.0. The Kier molecular flexibility index (Phi) is 5.55. The van der Waals surface area contributed by atoms with Crippen LogP contribution in [0.5, 0.6) is 5.75 Å². The normalized spacial score (nSPS) is 12.4. The van der Waals surface area contributed by atoms with Gasteiger partial charge in [-0.1, -0.05) is 18.2 Å². The molecule has 0 atom stereocenters. The molecule has 4 aromatic rings. The molecule has 2 amide bonds. The highest BCUT2D eigenvalue weighted by atomic mass is 19.1. The lowest BCUT2D eigenvalue weighted by Gasteiger charge is -2.19. The summed E-state index contributed by atoms with van der Waals surface area (Å²) in [5.74, 6) is -0.695. The van der Waals surface area contributed by atoms with Crippen LogP contribution < -0.4 is 10.1 Å². The summed E-state index contributed by atoms with van der Waals surface area (Å²) in [5, 5.41) is 7.13. The summed E-state index contributed by atoms with van der Waals surface area (Å²) in [4.78, 5) is 27.8. The number of para-hydroxylation sites is 1. The molecule has 0 saturated heterocycles. The lowest BCUT2D eigenvalue weighted by atomic mass is 10.1. The predicted molar refractivity (Wildman–Crippen MR) is 124 cm³/mol. The van der Waals surface area contributed by atoms with Crippen LogP contribution >= 0.6 is 0 Å². The number of fused-ring (bicyclic) bond motifs is 1. The van der Waals surface area contributed by atoms with E-state index in [1.807, 2.05) is 35.0 Å². The Bertz CT molecular complexity index is 1370. The van der Waals surface area contributed by atoms with Crippen molar-refractivity contribution in [3.8, 4) is 11.4 Å². The van der Waals surface area contributed by atoms with Crippen molar-refractivity contribution in [1.82, 2.24) is 14.7 Å². The van der Waals surface area contributed by atoms with E-state index in [0.29, 0.717) is 24.4 Å². The molecule has 0 bridgehead atoms. The summed E-state index contributed by atoms with van der Waals surface area (Å²) in [6, 6.07) is 20.0. The number of aromatic nitrogens is 2. The first-order chi connectivity index (χ1) is 16.5. The van der Waals surface area contributed by atoms with Crippen molar-refractivity contribution in [3.05, 3.63) is 107 Å². The maximum absolute atomic E-state index is 14.0. The van der Waals surface area contributed by atoms with Gasteiger partial charge in [-0.3, -0.25) is 9.59 Å². The summed E-state index contributed by atoms with van der Waals surface area (Å²) in [5.41, 5.74) is 3.47. The van der Waals surface area contributed by atoms with E-state index < -0.39 is 11.7 Å². The number of carbonyl (C=O) groups excluding carboxylic acids is 2. The summed E-state index contributed by atoms with van der Waals surface area (Å²) in [6.45, 7) is 0.733. The number of halogens is 1. The van der Waals surface area contributed by atoms with Crippen LogP contribution in [0.15, 0.2) is 79.0 Å². The molecule has 0 spiro atoms. The number of nitrogens with one attached hydrogen (secondary N) is 1. The maximum atomic E-state index is 14.0. The second kappa shape index (κ2) is 8.82. The molecule has 1 aromatic heterocycles. The number of nitrogens with zero attached hydrogens (tertiary/aromatic N) is 3. The number of amides is 2. The minimum absolute atomic E-state index is 0.117. The Hall–Kier alpha value is -4.46. The van der Waals surface area contributed by atoms with Crippen LogP contribution in [-0.2, 0) is 13.1 Å². The van der Waals surface area contributed by atoms with E-state index in [2.05, 4.69) is 10.4 Å². The Morgan fingerprint density at radius 3 is 2.50 bits per heavy atom. The molecule has 0 aliphatic carbocycles. The van der Waals surface area contributed by atoms with Crippen LogP contribution in [0.2, 0.25) is 0 Å². The van der Waals surface area contributed by atoms with E-state index in [4.69, 9.17) is 4.74 Å². The topological polar surface area (TPSA) is 76.5 Å². The molecule has 34 heavy (non-hydrogen) atoms. The molecule has 5 rings (SSSR count). The molecule has 0 unspecified atom stereocenters. The van der Waals surface area contributed by atoms with Gasteiger partial charge < -0.3 is 15.0 Å². The summed E-state index contributed by atoms with van der Waals surface area (Å²) in [6.07, 6.45) is 1.76. The number of hydrogen-bond donors (Lipinski definition) is 1. The first-order valence-electron chi connectivity index (χ1n) is 10.7. The third-order valence-electron chi connectivity index (χ3n) is 5.76. The molecule has 0 saturated carbocycles. The van der Waals surface area contributed by atoms with Crippen molar-refractivity contribution in [2.24, 2.45) is 0 Å². The van der Waals surface area contributed by atoms with Gasteiger partial charge in [0.15, 0.2) is 0 Å². The average Bonchev–Trinajstić information content (AvgIpc) is 3.45. The largest absolute Gasteiger partial charge is 0.497 e. The van der Waals surface area contributed by atoms with Gasteiger partial charge in [-0.15, -0.1) is 0 Å². The van der Waals surface area contributed by atoms with Gasteiger partial charge in [0.25, 0.3) is 11.8 Å². The smallest absolute Gasteiger partial charge is 0.256 e. The van der Waals surface area contributed by atoms with E-state index in [1.54, 1.807) is 35.4 Å². The Balaban J connectivity index is 1.38. The van der Waals surface area contributed by atoms with Crippen LogP contribution in [0, 0.1) is 5.82 Å². The molecule has 0 radical (unpaired) electrons. The molecular weight excluding hydrogens is 435 g/mol. The Morgan fingerprint density at radius 2 is 1.76 bits per heavy atom. The maximum Gasteiger partial charge on any atom is 0.256 e. The highest BCUT2D eigenvalue weighted by molar-refractivity contribution is 6.09. The van der Waals surface area contributed by atoms with Gasteiger partial charge in [-0.2, -0.15) is 5.10 Å². The molecular formula is C26H21FN4O3. The number of anilines is 1. The number of rotatable bonds is 5. The van der Waals surface area contributed by atoms with Crippen molar-refractivity contribution in [2.45, 2.75) is 13.1 Å². The van der Waals surface area contributed by atoms with E-state index in [1.165, 1.54) is 19.2 Å². The third-order valence-corrected chi connectivity index (χ3v) is 5.76. The SMILES string of the molecule is COc1ccc(C(=O)Nc2cc(F)ccc2C(=O)N2Cc3cnn(-c4ccccc4)c3C2)cc1. The number of hydrogen-bond acceptors (Lipinski definition) is 4. The van der Waals surface area contributed by atoms with Gasteiger partial charge in [0.1, 0.15) is 11.6 Å². The molecule has 0 fully saturated rings. The molecule has 1 aliphatic rings. The van der Waals surface area contributed by atoms with Crippen molar-refractivity contribution < 1.29 is 18.7 Å². The molecule has 2 heterocycles. The standard InChI is InChI=1S/C26H21FN4O3/c1-34-21-10-7-17(8-11-21)25(32)29-23-13-19(27)9-12-22(23)26(33)30-15-18-14-28-31(24(18)16-30)20-5-3-2-4-6-20/h2-14H,15-16H2,1H3,(H,29,32). The van der Waals surface area contributed by atoms with Crippen LogP contribution in [-0.4, -0.2) is 33.6 Å². The zero-order valence-electron chi connectivity index (χ0n) is 18.4. The van der Waals surface area contributed by atoms with Crippen molar-refractivity contribution >= 4 is 17.5 Å². The first kappa shape index (κ1) is 21.4. The fraction of sp³-hybridized carbons (Fsp3) is 0.115. The van der Waals surface area contributed by atoms with E-state index in [-0.39, 0.29) is 17.2 Å². The number of ether oxygens (including phenoxy) is 1.